The van der Waals surface area contributed by atoms with E-state index in [0.29, 0.717) is 28.3 Å². The number of hydrogen-bond donors (Lipinski definition) is 2. The lowest BCUT2D eigenvalue weighted by atomic mass is 9.98. The van der Waals surface area contributed by atoms with Gasteiger partial charge in [-0.2, -0.15) is 0 Å². The van der Waals surface area contributed by atoms with E-state index in [1.807, 2.05) is 54.6 Å². The van der Waals surface area contributed by atoms with Crippen LogP contribution < -0.4 is 10.9 Å². The van der Waals surface area contributed by atoms with Crippen LogP contribution in [0.4, 0.5) is 0 Å². The molecule has 0 aliphatic carbocycles. The van der Waals surface area contributed by atoms with E-state index in [-0.39, 0.29) is 23.9 Å². The quantitative estimate of drug-likeness (QED) is 0.500. The third-order valence-corrected chi connectivity index (χ3v) is 5.47. The lowest BCUT2D eigenvalue weighted by Gasteiger charge is -2.20. The largest absolute Gasteiger partial charge is 0.349 e. The summed E-state index contributed by atoms with van der Waals surface area (Å²) in [5.41, 5.74) is 3.10. The highest BCUT2D eigenvalue weighted by Gasteiger charge is 2.19. The number of aromatic amines is 1. The molecule has 6 nitrogen and oxygen atoms in total. The minimum atomic E-state index is -0.274. The molecule has 2 aromatic heterocycles. The van der Waals surface area contributed by atoms with Crippen LogP contribution in [0, 0.1) is 6.92 Å². The molecule has 2 heterocycles. The first-order valence-corrected chi connectivity index (χ1v) is 10.0. The Bertz CT molecular complexity index is 1250. The fourth-order valence-electron chi connectivity index (χ4n) is 3.54. The van der Waals surface area contributed by atoms with Gasteiger partial charge in [0.25, 0.3) is 5.56 Å². The first-order chi connectivity index (χ1) is 14.5. The molecule has 0 fully saturated rings. The lowest BCUT2D eigenvalue weighted by Crippen LogP contribution is -2.34. The van der Waals surface area contributed by atoms with Crippen LogP contribution in [0.1, 0.15) is 28.4 Å². The number of fused-ring (bicyclic) bond motifs is 1. The van der Waals surface area contributed by atoms with Gasteiger partial charge in [0.05, 0.1) is 12.5 Å². The van der Waals surface area contributed by atoms with Crippen LogP contribution in [0.25, 0.3) is 5.65 Å². The Labute approximate surface area is 178 Å². The van der Waals surface area contributed by atoms with E-state index in [9.17, 15) is 9.59 Å². The number of amides is 1. The van der Waals surface area contributed by atoms with E-state index in [1.54, 1.807) is 19.2 Å². The van der Waals surface area contributed by atoms with Gasteiger partial charge in [0.2, 0.25) is 5.91 Å². The number of nitrogens with one attached hydrogen (secondary N) is 2. The van der Waals surface area contributed by atoms with Crippen molar-refractivity contribution in [2.45, 2.75) is 25.8 Å². The van der Waals surface area contributed by atoms with E-state index in [0.717, 1.165) is 11.1 Å². The number of carbonyl (C=O) groups excluding carboxylic acids is 1. The number of rotatable bonds is 6. The van der Waals surface area contributed by atoms with Gasteiger partial charge in [0.15, 0.2) is 5.65 Å². The molecule has 1 amide bonds. The van der Waals surface area contributed by atoms with Crippen molar-refractivity contribution < 1.29 is 4.79 Å². The molecule has 0 saturated carbocycles. The molecule has 0 spiro atoms. The summed E-state index contributed by atoms with van der Waals surface area (Å²) in [5.74, 6) is -0.246. The van der Waals surface area contributed by atoms with Crippen LogP contribution in [0.3, 0.4) is 0 Å². The number of benzene rings is 2. The van der Waals surface area contributed by atoms with Crippen molar-refractivity contribution in [3.8, 4) is 0 Å². The molecular formula is C23H21ClN4O2. The Hall–Kier alpha value is -3.38. The molecule has 152 valence electrons. The Morgan fingerprint density at radius 3 is 2.63 bits per heavy atom. The Kier molecular flexibility index (Phi) is 5.68. The number of aromatic nitrogens is 3. The van der Waals surface area contributed by atoms with Crippen LogP contribution in [0.15, 0.2) is 71.7 Å². The van der Waals surface area contributed by atoms with Crippen LogP contribution in [0.2, 0.25) is 5.02 Å². The Balaban J connectivity index is 1.59. The summed E-state index contributed by atoms with van der Waals surface area (Å²) in [6, 6.07) is 18.8. The zero-order valence-corrected chi connectivity index (χ0v) is 17.2. The second-order valence-electron chi connectivity index (χ2n) is 7.14. The van der Waals surface area contributed by atoms with Gasteiger partial charge < -0.3 is 5.32 Å². The van der Waals surface area contributed by atoms with Crippen LogP contribution in [-0.4, -0.2) is 20.5 Å². The first kappa shape index (κ1) is 19.9. The van der Waals surface area contributed by atoms with E-state index < -0.39 is 0 Å². The molecule has 0 radical (unpaired) electrons. The molecule has 0 bridgehead atoms. The molecule has 0 saturated heterocycles. The van der Waals surface area contributed by atoms with Crippen molar-refractivity contribution in [3.05, 3.63) is 105 Å². The predicted molar refractivity (Wildman–Crippen MR) is 117 cm³/mol. The van der Waals surface area contributed by atoms with Crippen LogP contribution >= 0.6 is 11.6 Å². The molecule has 2 N–H and O–H groups in total. The third kappa shape index (κ3) is 4.14. The molecule has 7 heteroatoms. The third-order valence-electron chi connectivity index (χ3n) is 5.10. The standard InChI is InChI=1S/C23H21ClN4O2/c1-15-18(23(30)28-21(26-15)11-12-25-28)14-22(29)27-20(16-7-3-2-4-8-16)13-17-9-5-6-10-19(17)24/h2-12,20,25H,13-14H2,1H3,(H,27,29). The van der Waals surface area contributed by atoms with Gasteiger partial charge in [-0.05, 0) is 30.5 Å². The molecule has 4 aromatic rings. The molecule has 4 rings (SSSR count). The Morgan fingerprint density at radius 1 is 1.13 bits per heavy atom. The molecule has 1 unspecified atom stereocenters. The average Bonchev–Trinajstić information content (AvgIpc) is 3.21. The summed E-state index contributed by atoms with van der Waals surface area (Å²) >= 11 is 6.34. The highest BCUT2D eigenvalue weighted by molar-refractivity contribution is 6.31. The van der Waals surface area contributed by atoms with Crippen molar-refractivity contribution >= 4 is 23.2 Å². The van der Waals surface area contributed by atoms with Crippen molar-refractivity contribution in [2.75, 3.05) is 0 Å². The molecule has 0 aliphatic rings. The number of carbonyl (C=O) groups is 1. The van der Waals surface area contributed by atoms with Crippen LogP contribution in [0.5, 0.6) is 0 Å². The molecule has 2 aromatic carbocycles. The summed E-state index contributed by atoms with van der Waals surface area (Å²) in [4.78, 5) is 30.1. The van der Waals surface area contributed by atoms with E-state index in [4.69, 9.17) is 11.6 Å². The monoisotopic (exact) mass is 420 g/mol. The highest BCUT2D eigenvalue weighted by atomic mass is 35.5. The number of aryl methyl sites for hydroxylation is 1. The van der Waals surface area contributed by atoms with Gasteiger partial charge in [-0.1, -0.05) is 60.1 Å². The minimum Gasteiger partial charge on any atom is -0.349 e. The maximum absolute atomic E-state index is 12.9. The van der Waals surface area contributed by atoms with Gasteiger partial charge in [-0.25, -0.2) is 9.50 Å². The number of hydrogen-bond acceptors (Lipinski definition) is 3. The summed E-state index contributed by atoms with van der Waals surface area (Å²) in [5, 5.41) is 6.56. The first-order valence-electron chi connectivity index (χ1n) is 9.66. The van der Waals surface area contributed by atoms with Gasteiger partial charge in [0.1, 0.15) is 0 Å². The second-order valence-corrected chi connectivity index (χ2v) is 7.55. The zero-order chi connectivity index (χ0) is 21.1. The maximum Gasteiger partial charge on any atom is 0.276 e. The van der Waals surface area contributed by atoms with Gasteiger partial charge in [0, 0.05) is 28.5 Å². The molecular weight excluding hydrogens is 400 g/mol. The number of H-pyrrole nitrogens is 1. The smallest absolute Gasteiger partial charge is 0.276 e. The summed E-state index contributed by atoms with van der Waals surface area (Å²) in [7, 11) is 0. The zero-order valence-electron chi connectivity index (χ0n) is 16.4. The highest BCUT2D eigenvalue weighted by Crippen LogP contribution is 2.23. The fraction of sp³-hybridized carbons (Fsp3) is 0.174. The summed E-state index contributed by atoms with van der Waals surface area (Å²) in [6.45, 7) is 1.75. The van der Waals surface area contributed by atoms with E-state index in [2.05, 4.69) is 15.4 Å². The van der Waals surface area contributed by atoms with Crippen molar-refractivity contribution in [3.63, 3.8) is 0 Å². The molecule has 30 heavy (non-hydrogen) atoms. The molecule has 1 atom stereocenters. The van der Waals surface area contributed by atoms with Crippen LogP contribution in [-0.2, 0) is 17.6 Å². The topological polar surface area (TPSA) is 79.3 Å². The van der Waals surface area contributed by atoms with Crippen molar-refractivity contribution in [2.24, 2.45) is 0 Å². The van der Waals surface area contributed by atoms with E-state index >= 15 is 0 Å². The SMILES string of the molecule is Cc1nc2cc[nH]n2c(=O)c1CC(=O)NC(Cc1ccccc1Cl)c1ccccc1. The second kappa shape index (κ2) is 8.55. The molecule has 0 aliphatic heterocycles. The average molecular weight is 421 g/mol. The minimum absolute atomic E-state index is 0.0501. The maximum atomic E-state index is 12.9. The van der Waals surface area contributed by atoms with Gasteiger partial charge in [-0.3, -0.25) is 14.7 Å². The number of halogens is 1. The van der Waals surface area contributed by atoms with Crippen molar-refractivity contribution in [1.82, 2.24) is 19.9 Å². The summed E-state index contributed by atoms with van der Waals surface area (Å²) in [6.07, 6.45) is 2.13. The summed E-state index contributed by atoms with van der Waals surface area (Å²) < 4.78 is 1.34. The normalized spacial score (nSPS) is 12.1. The van der Waals surface area contributed by atoms with Gasteiger partial charge in [-0.15, -0.1) is 0 Å². The fourth-order valence-corrected chi connectivity index (χ4v) is 3.75. The lowest BCUT2D eigenvalue weighted by molar-refractivity contribution is -0.121. The van der Waals surface area contributed by atoms with Gasteiger partial charge >= 0.3 is 0 Å². The Morgan fingerprint density at radius 2 is 1.87 bits per heavy atom. The van der Waals surface area contributed by atoms with Crippen molar-refractivity contribution in [1.29, 1.82) is 0 Å². The number of nitrogens with zero attached hydrogens (tertiary/aromatic N) is 2. The predicted octanol–water partition coefficient (Wildman–Crippen LogP) is 3.63. The van der Waals surface area contributed by atoms with E-state index in [1.165, 1.54) is 4.52 Å².